The van der Waals surface area contributed by atoms with Crippen LogP contribution in [0.3, 0.4) is 0 Å². The van der Waals surface area contributed by atoms with Gasteiger partial charge in [0.05, 0.1) is 6.20 Å². The number of pyridine rings is 1. The van der Waals surface area contributed by atoms with Gasteiger partial charge in [-0.1, -0.05) is 30.3 Å². The Bertz CT molecular complexity index is 898. The van der Waals surface area contributed by atoms with E-state index in [2.05, 4.69) is 17.1 Å². The van der Waals surface area contributed by atoms with Crippen molar-refractivity contribution in [2.75, 3.05) is 13.1 Å². The van der Waals surface area contributed by atoms with Crippen LogP contribution in [0.25, 0.3) is 0 Å². The van der Waals surface area contributed by atoms with E-state index in [1.165, 1.54) is 5.56 Å². The van der Waals surface area contributed by atoms with E-state index in [-0.39, 0.29) is 17.9 Å². The second kappa shape index (κ2) is 7.60. The van der Waals surface area contributed by atoms with E-state index in [1.807, 2.05) is 35.2 Å². The van der Waals surface area contributed by atoms with Gasteiger partial charge in [-0.15, -0.1) is 0 Å². The normalized spacial score (nSPS) is 19.1. The van der Waals surface area contributed by atoms with Crippen molar-refractivity contribution in [1.29, 1.82) is 0 Å². The number of benzene rings is 2. The van der Waals surface area contributed by atoms with E-state index in [0.29, 0.717) is 30.2 Å². The van der Waals surface area contributed by atoms with Gasteiger partial charge in [0.25, 0.3) is 5.91 Å². The molecule has 136 valence electrons. The van der Waals surface area contributed by atoms with E-state index in [4.69, 9.17) is 10.5 Å². The molecule has 1 fully saturated rings. The summed E-state index contributed by atoms with van der Waals surface area (Å²) >= 11 is 0. The van der Waals surface area contributed by atoms with Crippen molar-refractivity contribution in [2.45, 2.75) is 12.0 Å². The maximum atomic E-state index is 12.9. The molecule has 2 aromatic carbocycles. The monoisotopic (exact) mass is 359 g/mol. The summed E-state index contributed by atoms with van der Waals surface area (Å²) in [7, 11) is 0. The van der Waals surface area contributed by atoms with Crippen molar-refractivity contribution in [2.24, 2.45) is 5.73 Å². The molecule has 1 aliphatic heterocycles. The molecule has 0 radical (unpaired) electrons. The molecule has 2 atom stereocenters. The Kier molecular flexibility index (Phi) is 4.85. The summed E-state index contributed by atoms with van der Waals surface area (Å²) in [5.41, 5.74) is 8.12. The van der Waals surface area contributed by atoms with Gasteiger partial charge in [-0.25, -0.2) is 0 Å². The number of aromatic nitrogens is 1. The molecule has 0 unspecified atom stereocenters. The Labute approximate surface area is 158 Å². The molecule has 2 heterocycles. The van der Waals surface area contributed by atoms with E-state index >= 15 is 0 Å². The summed E-state index contributed by atoms with van der Waals surface area (Å²) < 4.78 is 5.72. The Morgan fingerprint density at radius 1 is 0.963 bits per heavy atom. The molecule has 1 aliphatic rings. The first-order valence-electron chi connectivity index (χ1n) is 8.98. The molecule has 3 aromatic rings. The lowest BCUT2D eigenvalue weighted by atomic mass is 9.95. The quantitative estimate of drug-likeness (QED) is 0.775. The highest BCUT2D eigenvalue weighted by molar-refractivity contribution is 5.94. The van der Waals surface area contributed by atoms with Gasteiger partial charge in [-0.2, -0.15) is 0 Å². The summed E-state index contributed by atoms with van der Waals surface area (Å²) in [6, 6.07) is 20.9. The average molecular weight is 359 g/mol. The fourth-order valence-electron chi connectivity index (χ4n) is 3.44. The third-order valence-electron chi connectivity index (χ3n) is 4.85. The lowest BCUT2D eigenvalue weighted by Crippen LogP contribution is -2.32. The number of likely N-dealkylation sites (tertiary alicyclic amines) is 1. The van der Waals surface area contributed by atoms with Crippen LogP contribution < -0.4 is 10.5 Å². The average Bonchev–Trinajstić information content (AvgIpc) is 3.11. The maximum absolute atomic E-state index is 12.9. The van der Waals surface area contributed by atoms with Crippen LogP contribution in [-0.4, -0.2) is 34.9 Å². The van der Waals surface area contributed by atoms with Crippen LogP contribution in [0.4, 0.5) is 0 Å². The van der Waals surface area contributed by atoms with Crippen molar-refractivity contribution < 1.29 is 9.53 Å². The highest BCUT2D eigenvalue weighted by Crippen LogP contribution is 2.28. The van der Waals surface area contributed by atoms with Gasteiger partial charge < -0.3 is 15.4 Å². The number of hydrogen-bond donors (Lipinski definition) is 1. The Morgan fingerprint density at radius 3 is 2.44 bits per heavy atom. The van der Waals surface area contributed by atoms with Gasteiger partial charge >= 0.3 is 0 Å². The standard InChI is InChI=1S/C22H21N3O2/c23-21-15-25(14-20(21)16-5-2-1-3-6-16)22(26)17-8-10-18(11-9-17)27-19-7-4-12-24-13-19/h1-13,20-21H,14-15,23H2/t20-,21+/m0/s1. The van der Waals surface area contributed by atoms with Crippen molar-refractivity contribution in [3.8, 4) is 11.5 Å². The van der Waals surface area contributed by atoms with Crippen molar-refractivity contribution in [3.05, 3.63) is 90.3 Å². The Hall–Kier alpha value is -3.18. The minimum absolute atomic E-state index is 0.00295. The Morgan fingerprint density at radius 2 is 1.74 bits per heavy atom. The molecule has 4 rings (SSSR count). The van der Waals surface area contributed by atoms with Crippen molar-refractivity contribution in [1.82, 2.24) is 9.88 Å². The minimum Gasteiger partial charge on any atom is -0.456 e. The van der Waals surface area contributed by atoms with Crippen molar-refractivity contribution in [3.63, 3.8) is 0 Å². The van der Waals surface area contributed by atoms with Gasteiger partial charge in [-0.3, -0.25) is 9.78 Å². The number of carbonyl (C=O) groups is 1. The largest absolute Gasteiger partial charge is 0.456 e. The van der Waals surface area contributed by atoms with Crippen LogP contribution in [0.1, 0.15) is 21.8 Å². The third-order valence-corrected chi connectivity index (χ3v) is 4.85. The summed E-state index contributed by atoms with van der Waals surface area (Å²) in [5.74, 6) is 1.49. The number of amides is 1. The SMILES string of the molecule is N[C@@H]1CN(C(=O)c2ccc(Oc3cccnc3)cc2)C[C@H]1c1ccccc1. The number of carbonyl (C=O) groups excluding carboxylic acids is 1. The van der Waals surface area contributed by atoms with Gasteiger partial charge in [-0.05, 0) is 42.0 Å². The molecular weight excluding hydrogens is 338 g/mol. The summed E-state index contributed by atoms with van der Waals surface area (Å²) in [5, 5.41) is 0. The van der Waals surface area contributed by atoms with Crippen LogP contribution in [0, 0.1) is 0 Å². The number of ether oxygens (including phenoxy) is 1. The van der Waals surface area contributed by atoms with Crippen molar-refractivity contribution >= 4 is 5.91 Å². The molecule has 2 N–H and O–H groups in total. The molecular formula is C22H21N3O2. The second-order valence-corrected chi connectivity index (χ2v) is 6.71. The number of nitrogens with two attached hydrogens (primary N) is 1. The van der Waals surface area contributed by atoms with Crippen LogP contribution in [-0.2, 0) is 0 Å². The molecule has 5 nitrogen and oxygen atoms in total. The first kappa shape index (κ1) is 17.2. The van der Waals surface area contributed by atoms with Gasteiger partial charge in [0.2, 0.25) is 0 Å². The number of rotatable bonds is 4. The molecule has 27 heavy (non-hydrogen) atoms. The lowest BCUT2D eigenvalue weighted by Gasteiger charge is -2.17. The zero-order valence-electron chi connectivity index (χ0n) is 14.9. The first-order chi connectivity index (χ1) is 13.2. The van der Waals surface area contributed by atoms with E-state index in [0.717, 1.165) is 0 Å². The smallest absolute Gasteiger partial charge is 0.253 e. The highest BCUT2D eigenvalue weighted by Gasteiger charge is 2.34. The second-order valence-electron chi connectivity index (χ2n) is 6.71. The number of hydrogen-bond acceptors (Lipinski definition) is 4. The first-order valence-corrected chi connectivity index (χ1v) is 8.98. The van der Waals surface area contributed by atoms with Crippen LogP contribution in [0.5, 0.6) is 11.5 Å². The molecule has 1 saturated heterocycles. The maximum Gasteiger partial charge on any atom is 0.253 e. The summed E-state index contributed by atoms with van der Waals surface area (Å²) in [6.07, 6.45) is 3.34. The van der Waals surface area contributed by atoms with E-state index < -0.39 is 0 Å². The van der Waals surface area contributed by atoms with Crippen LogP contribution in [0.15, 0.2) is 79.1 Å². The minimum atomic E-state index is -0.0514. The van der Waals surface area contributed by atoms with Crippen LogP contribution in [0.2, 0.25) is 0 Å². The van der Waals surface area contributed by atoms with Gasteiger partial charge in [0, 0.05) is 36.8 Å². The fourth-order valence-corrected chi connectivity index (χ4v) is 3.44. The molecule has 1 amide bonds. The lowest BCUT2D eigenvalue weighted by molar-refractivity contribution is 0.0789. The summed E-state index contributed by atoms with van der Waals surface area (Å²) in [4.78, 5) is 18.7. The molecule has 5 heteroatoms. The zero-order valence-corrected chi connectivity index (χ0v) is 14.9. The molecule has 0 spiro atoms. The molecule has 0 saturated carbocycles. The Balaban J connectivity index is 1.44. The third kappa shape index (κ3) is 3.83. The highest BCUT2D eigenvalue weighted by atomic mass is 16.5. The van der Waals surface area contributed by atoms with E-state index in [9.17, 15) is 4.79 Å². The predicted octanol–water partition coefficient (Wildman–Crippen LogP) is 3.44. The predicted molar refractivity (Wildman–Crippen MR) is 104 cm³/mol. The topological polar surface area (TPSA) is 68.5 Å². The fraction of sp³-hybridized carbons (Fsp3) is 0.182. The molecule has 0 aliphatic carbocycles. The van der Waals surface area contributed by atoms with Crippen LogP contribution >= 0.6 is 0 Å². The molecule has 1 aromatic heterocycles. The van der Waals surface area contributed by atoms with E-state index in [1.54, 1.807) is 36.7 Å². The summed E-state index contributed by atoms with van der Waals surface area (Å²) in [6.45, 7) is 1.20. The zero-order chi connectivity index (χ0) is 18.6. The van der Waals surface area contributed by atoms with Gasteiger partial charge in [0.1, 0.15) is 11.5 Å². The number of nitrogens with zero attached hydrogens (tertiary/aromatic N) is 2. The van der Waals surface area contributed by atoms with Gasteiger partial charge in [0.15, 0.2) is 0 Å². The molecule has 0 bridgehead atoms.